The maximum absolute atomic E-state index is 13.6. The fourth-order valence-electron chi connectivity index (χ4n) is 4.55. The summed E-state index contributed by atoms with van der Waals surface area (Å²) >= 11 is 6.18. The van der Waals surface area contributed by atoms with Crippen molar-refractivity contribution in [3.8, 4) is 11.5 Å². The molecule has 0 spiro atoms. The molecule has 39 heavy (non-hydrogen) atoms. The Bertz CT molecular complexity index is 1410. The minimum absolute atomic E-state index is 0.0625. The molecule has 1 atom stereocenters. The second kappa shape index (κ2) is 11.8. The van der Waals surface area contributed by atoms with Crippen molar-refractivity contribution >= 4 is 33.2 Å². The number of ether oxygens (including phenoxy) is 3. The van der Waals surface area contributed by atoms with Crippen LogP contribution in [-0.4, -0.2) is 65.3 Å². The molecule has 5 rings (SSSR count). The van der Waals surface area contributed by atoms with Crippen molar-refractivity contribution in [3.63, 3.8) is 0 Å². The van der Waals surface area contributed by atoms with E-state index in [1.807, 2.05) is 12.1 Å². The molecule has 1 fully saturated rings. The van der Waals surface area contributed by atoms with Crippen LogP contribution in [0.5, 0.6) is 11.5 Å². The van der Waals surface area contributed by atoms with Crippen molar-refractivity contribution < 1.29 is 27.4 Å². The Morgan fingerprint density at radius 1 is 1.03 bits per heavy atom. The number of morpholine rings is 1. The number of sulfonamides is 1. The average Bonchev–Trinajstić information content (AvgIpc) is 2.96. The van der Waals surface area contributed by atoms with Crippen LogP contribution in [-0.2, 0) is 32.6 Å². The fraction of sp³-hybridized carbons (Fsp3) is 0.321. The lowest BCUT2D eigenvalue weighted by Crippen LogP contribution is -2.50. The second-order valence-corrected chi connectivity index (χ2v) is 11.7. The number of benzene rings is 3. The van der Waals surface area contributed by atoms with Gasteiger partial charge in [-0.1, -0.05) is 35.9 Å². The molecule has 0 aromatic heterocycles. The third-order valence-corrected chi connectivity index (χ3v) is 8.76. The minimum Gasteiger partial charge on any atom is -0.497 e. The summed E-state index contributed by atoms with van der Waals surface area (Å²) in [5, 5.41) is 3.24. The van der Waals surface area contributed by atoms with Gasteiger partial charge < -0.3 is 19.5 Å². The van der Waals surface area contributed by atoms with Gasteiger partial charge in [-0.3, -0.25) is 14.0 Å². The van der Waals surface area contributed by atoms with Crippen molar-refractivity contribution in [3.05, 3.63) is 82.9 Å². The molecular formula is C28H30ClN3O6S. The summed E-state index contributed by atoms with van der Waals surface area (Å²) < 4.78 is 44.9. The molecule has 2 aliphatic rings. The molecule has 1 saturated heterocycles. The molecular weight excluding hydrogens is 542 g/mol. The number of carbonyl (C=O) groups is 1. The highest BCUT2D eigenvalue weighted by atomic mass is 35.5. The molecule has 206 valence electrons. The van der Waals surface area contributed by atoms with E-state index >= 15 is 0 Å². The number of rotatable bonds is 8. The zero-order valence-corrected chi connectivity index (χ0v) is 23.1. The van der Waals surface area contributed by atoms with Gasteiger partial charge in [0.25, 0.3) is 15.9 Å². The predicted molar refractivity (Wildman–Crippen MR) is 148 cm³/mol. The molecule has 9 nitrogen and oxygen atoms in total. The number of methoxy groups -OCH3 is 1. The number of amides is 1. The summed E-state index contributed by atoms with van der Waals surface area (Å²) in [5.74, 6) is 0.379. The van der Waals surface area contributed by atoms with E-state index in [0.29, 0.717) is 10.8 Å². The Labute approximate surface area is 233 Å². The van der Waals surface area contributed by atoms with Crippen LogP contribution < -0.4 is 19.1 Å². The van der Waals surface area contributed by atoms with E-state index in [-0.39, 0.29) is 29.4 Å². The van der Waals surface area contributed by atoms with E-state index in [1.54, 1.807) is 24.3 Å². The van der Waals surface area contributed by atoms with Crippen molar-refractivity contribution in [2.45, 2.75) is 24.1 Å². The summed E-state index contributed by atoms with van der Waals surface area (Å²) in [7, 11) is -2.51. The number of nitrogens with one attached hydrogen (secondary N) is 1. The van der Waals surface area contributed by atoms with Gasteiger partial charge in [-0.2, -0.15) is 0 Å². The monoisotopic (exact) mass is 571 g/mol. The first-order valence-electron chi connectivity index (χ1n) is 12.6. The van der Waals surface area contributed by atoms with E-state index in [4.69, 9.17) is 25.8 Å². The van der Waals surface area contributed by atoms with Gasteiger partial charge in [0.05, 0.1) is 37.5 Å². The largest absolute Gasteiger partial charge is 0.497 e. The van der Waals surface area contributed by atoms with Gasteiger partial charge in [0, 0.05) is 31.2 Å². The molecule has 0 bridgehead atoms. The Hall–Kier alpha value is -3.31. The van der Waals surface area contributed by atoms with E-state index < -0.39 is 22.0 Å². The minimum atomic E-state index is -4.02. The van der Waals surface area contributed by atoms with Crippen LogP contribution in [0.2, 0.25) is 5.02 Å². The van der Waals surface area contributed by atoms with Crippen LogP contribution in [0.1, 0.15) is 11.1 Å². The fourth-order valence-corrected chi connectivity index (χ4v) is 6.18. The molecule has 3 aromatic rings. The number of nitrogens with zero attached hydrogens (tertiary/aromatic N) is 2. The first kappa shape index (κ1) is 27.3. The Morgan fingerprint density at radius 2 is 1.72 bits per heavy atom. The SMILES string of the molecule is COc1ccc(S(=O)(=O)N2CC(C(=O)NCc3ccc(CN4CCOCC4)cc3)Oc3ccc(Cl)cc32)cc1. The highest BCUT2D eigenvalue weighted by Crippen LogP contribution is 2.39. The summed E-state index contributed by atoms with van der Waals surface area (Å²) in [6.45, 7) is 4.28. The van der Waals surface area contributed by atoms with Crippen LogP contribution >= 0.6 is 11.6 Å². The van der Waals surface area contributed by atoms with E-state index in [9.17, 15) is 13.2 Å². The highest BCUT2D eigenvalue weighted by Gasteiger charge is 2.37. The van der Waals surface area contributed by atoms with Crippen LogP contribution in [0.3, 0.4) is 0 Å². The number of hydrogen-bond donors (Lipinski definition) is 1. The zero-order valence-electron chi connectivity index (χ0n) is 21.5. The number of anilines is 1. The van der Waals surface area contributed by atoms with Gasteiger partial charge in [0.2, 0.25) is 0 Å². The lowest BCUT2D eigenvalue weighted by Gasteiger charge is -2.35. The van der Waals surface area contributed by atoms with E-state index in [0.717, 1.165) is 38.4 Å². The molecule has 0 saturated carbocycles. The van der Waals surface area contributed by atoms with Crippen LogP contribution in [0.15, 0.2) is 71.6 Å². The third-order valence-electron chi connectivity index (χ3n) is 6.73. The van der Waals surface area contributed by atoms with Crippen LogP contribution in [0.4, 0.5) is 5.69 Å². The summed E-state index contributed by atoms with van der Waals surface area (Å²) in [4.78, 5) is 15.6. The van der Waals surface area contributed by atoms with Crippen molar-refractivity contribution in [2.75, 3.05) is 44.3 Å². The van der Waals surface area contributed by atoms with E-state index in [2.05, 4.69) is 22.3 Å². The topological polar surface area (TPSA) is 97.4 Å². The molecule has 1 unspecified atom stereocenters. The quantitative estimate of drug-likeness (QED) is 0.442. The maximum atomic E-state index is 13.6. The molecule has 2 aliphatic heterocycles. The van der Waals surface area contributed by atoms with Crippen LogP contribution in [0.25, 0.3) is 0 Å². The van der Waals surface area contributed by atoms with Gasteiger partial charge >= 0.3 is 0 Å². The Kier molecular flexibility index (Phi) is 8.27. The van der Waals surface area contributed by atoms with E-state index in [1.165, 1.54) is 35.2 Å². The number of carbonyl (C=O) groups excluding carboxylic acids is 1. The smallest absolute Gasteiger partial charge is 0.264 e. The van der Waals surface area contributed by atoms with Gasteiger partial charge in [-0.25, -0.2) is 8.42 Å². The van der Waals surface area contributed by atoms with Gasteiger partial charge in [0.15, 0.2) is 6.10 Å². The summed E-state index contributed by atoms with van der Waals surface area (Å²) in [6.07, 6.45) is -1.05. The predicted octanol–water partition coefficient (Wildman–Crippen LogP) is 3.45. The number of hydrogen-bond acceptors (Lipinski definition) is 7. The summed E-state index contributed by atoms with van der Waals surface area (Å²) in [5.41, 5.74) is 2.40. The Morgan fingerprint density at radius 3 is 2.41 bits per heavy atom. The molecule has 2 heterocycles. The second-order valence-electron chi connectivity index (χ2n) is 9.35. The van der Waals surface area contributed by atoms with Gasteiger partial charge in [-0.05, 0) is 53.6 Å². The molecule has 3 aromatic carbocycles. The molecule has 0 radical (unpaired) electrons. The average molecular weight is 572 g/mol. The standard InChI is InChI=1S/C28H30ClN3O6S/c1-36-23-7-9-24(10-8-23)39(34,35)32-19-27(38-26-11-6-22(29)16-25(26)32)28(33)30-17-20-2-4-21(5-3-20)18-31-12-14-37-15-13-31/h2-11,16,27H,12-15,17-19H2,1H3,(H,30,33). The van der Waals surface area contributed by atoms with Crippen molar-refractivity contribution in [1.29, 1.82) is 0 Å². The van der Waals surface area contributed by atoms with Gasteiger partial charge in [0.1, 0.15) is 11.5 Å². The first-order valence-corrected chi connectivity index (χ1v) is 14.4. The lowest BCUT2D eigenvalue weighted by molar-refractivity contribution is -0.127. The molecule has 11 heteroatoms. The number of halogens is 1. The van der Waals surface area contributed by atoms with Crippen LogP contribution in [0, 0.1) is 0 Å². The normalized spacial score (nSPS) is 17.7. The van der Waals surface area contributed by atoms with Crippen molar-refractivity contribution in [2.24, 2.45) is 0 Å². The maximum Gasteiger partial charge on any atom is 0.264 e. The first-order chi connectivity index (χ1) is 18.8. The highest BCUT2D eigenvalue weighted by molar-refractivity contribution is 7.92. The summed E-state index contributed by atoms with van der Waals surface area (Å²) in [6, 6.07) is 18.8. The van der Waals surface area contributed by atoms with Crippen molar-refractivity contribution in [1.82, 2.24) is 10.2 Å². The lowest BCUT2D eigenvalue weighted by atomic mass is 10.1. The molecule has 0 aliphatic carbocycles. The third kappa shape index (κ3) is 6.30. The molecule has 1 N–H and O–H groups in total. The zero-order chi connectivity index (χ0) is 27.4. The number of fused-ring (bicyclic) bond motifs is 1. The van der Waals surface area contributed by atoms with Gasteiger partial charge in [-0.15, -0.1) is 0 Å². The molecule has 1 amide bonds. The Balaban J connectivity index is 1.28.